The number of aliphatic imine (C=N–C) groups is 1. The van der Waals surface area contributed by atoms with Crippen molar-refractivity contribution in [2.45, 2.75) is 18.9 Å². The van der Waals surface area contributed by atoms with Crippen LogP contribution in [0.4, 0.5) is 5.69 Å². The SMILES string of the molecule is Bc1cc(N)cc(C2(C)CCSC(N)=N2)c1. The molecule has 2 rings (SSSR count). The number of anilines is 1. The summed E-state index contributed by atoms with van der Waals surface area (Å²) in [5, 5.41) is 0.675. The zero-order valence-electron chi connectivity index (χ0n) is 9.66. The molecule has 0 bridgehead atoms. The Morgan fingerprint density at radius 1 is 1.38 bits per heavy atom. The molecule has 0 aliphatic carbocycles. The van der Waals surface area contributed by atoms with Crippen molar-refractivity contribution in [3.63, 3.8) is 0 Å². The minimum Gasteiger partial charge on any atom is -0.399 e. The second-order valence-electron chi connectivity index (χ2n) is 4.45. The first-order valence-corrected chi connectivity index (χ1v) is 6.34. The van der Waals surface area contributed by atoms with Gasteiger partial charge in [-0.15, -0.1) is 0 Å². The van der Waals surface area contributed by atoms with E-state index in [-0.39, 0.29) is 5.54 Å². The first-order chi connectivity index (χ1) is 7.49. The van der Waals surface area contributed by atoms with Crippen LogP contribution in [0.1, 0.15) is 18.9 Å². The zero-order valence-corrected chi connectivity index (χ0v) is 10.5. The van der Waals surface area contributed by atoms with E-state index < -0.39 is 0 Å². The van der Waals surface area contributed by atoms with Crippen molar-refractivity contribution >= 4 is 35.9 Å². The molecule has 3 nitrogen and oxygen atoms in total. The van der Waals surface area contributed by atoms with Gasteiger partial charge in [-0.25, -0.2) is 0 Å². The lowest BCUT2D eigenvalue weighted by Gasteiger charge is -2.30. The van der Waals surface area contributed by atoms with Crippen LogP contribution >= 0.6 is 11.8 Å². The van der Waals surface area contributed by atoms with Crippen LogP contribution in [0, 0.1) is 0 Å². The normalized spacial score (nSPS) is 25.2. The van der Waals surface area contributed by atoms with E-state index in [4.69, 9.17) is 11.5 Å². The summed E-state index contributed by atoms with van der Waals surface area (Å²) in [4.78, 5) is 4.57. The molecule has 0 saturated heterocycles. The highest BCUT2D eigenvalue weighted by Crippen LogP contribution is 2.35. The summed E-state index contributed by atoms with van der Waals surface area (Å²) in [5.74, 6) is 1.01. The number of nitrogens with zero attached hydrogens (tertiary/aromatic N) is 1. The molecule has 1 aromatic carbocycles. The minimum absolute atomic E-state index is 0.213. The number of amidine groups is 1. The fourth-order valence-corrected chi connectivity index (χ4v) is 2.99. The van der Waals surface area contributed by atoms with Gasteiger partial charge in [-0.2, -0.15) is 0 Å². The Bertz CT molecular complexity index is 427. The van der Waals surface area contributed by atoms with Crippen LogP contribution in [0.2, 0.25) is 0 Å². The molecule has 4 N–H and O–H groups in total. The topological polar surface area (TPSA) is 64.4 Å². The monoisotopic (exact) mass is 233 g/mol. The molecule has 0 saturated carbocycles. The largest absolute Gasteiger partial charge is 0.399 e. The Morgan fingerprint density at radius 3 is 2.75 bits per heavy atom. The molecule has 1 unspecified atom stereocenters. The Labute approximate surface area is 101 Å². The summed E-state index contributed by atoms with van der Waals surface area (Å²) in [6.45, 7) is 2.12. The summed E-state index contributed by atoms with van der Waals surface area (Å²) < 4.78 is 0. The van der Waals surface area contributed by atoms with Gasteiger partial charge in [0.25, 0.3) is 0 Å². The van der Waals surface area contributed by atoms with Crippen molar-refractivity contribution < 1.29 is 0 Å². The first-order valence-electron chi connectivity index (χ1n) is 5.35. The molecule has 1 aromatic rings. The summed E-state index contributed by atoms with van der Waals surface area (Å²) >= 11 is 1.62. The maximum Gasteiger partial charge on any atom is 0.154 e. The van der Waals surface area contributed by atoms with Gasteiger partial charge in [0.1, 0.15) is 7.85 Å². The van der Waals surface area contributed by atoms with Crippen LogP contribution in [0.3, 0.4) is 0 Å². The summed E-state index contributed by atoms with van der Waals surface area (Å²) in [7, 11) is 2.05. The number of thioether (sulfide) groups is 1. The minimum atomic E-state index is -0.213. The average Bonchev–Trinajstić information content (AvgIpc) is 2.15. The molecule has 0 aromatic heterocycles. The molecule has 1 aliphatic heterocycles. The smallest absolute Gasteiger partial charge is 0.154 e. The predicted molar refractivity (Wildman–Crippen MR) is 75.1 cm³/mol. The fourth-order valence-electron chi connectivity index (χ4n) is 2.02. The quantitative estimate of drug-likeness (QED) is 0.537. The molecule has 1 atom stereocenters. The fraction of sp³-hybridized carbons (Fsp3) is 0.364. The first kappa shape index (κ1) is 11.4. The predicted octanol–water partition coefficient (Wildman–Crippen LogP) is 0.194. The number of benzene rings is 1. The molecule has 16 heavy (non-hydrogen) atoms. The van der Waals surface area contributed by atoms with E-state index in [2.05, 4.69) is 18.0 Å². The van der Waals surface area contributed by atoms with Gasteiger partial charge in [0.2, 0.25) is 0 Å². The molecule has 84 valence electrons. The van der Waals surface area contributed by atoms with Gasteiger partial charge in [0.05, 0.1) is 5.54 Å². The van der Waals surface area contributed by atoms with E-state index in [0.29, 0.717) is 5.17 Å². The number of nitrogens with two attached hydrogens (primary N) is 2. The lowest BCUT2D eigenvalue weighted by atomic mass is 9.84. The third-order valence-corrected chi connectivity index (χ3v) is 3.71. The molecule has 0 spiro atoms. The molecule has 0 amide bonds. The van der Waals surface area contributed by atoms with E-state index in [1.165, 1.54) is 5.46 Å². The van der Waals surface area contributed by atoms with Gasteiger partial charge >= 0.3 is 0 Å². The van der Waals surface area contributed by atoms with Crippen molar-refractivity contribution in [2.24, 2.45) is 10.7 Å². The highest BCUT2D eigenvalue weighted by Gasteiger charge is 2.29. The van der Waals surface area contributed by atoms with Crippen LogP contribution < -0.4 is 16.9 Å². The van der Waals surface area contributed by atoms with Crippen LogP contribution in [-0.2, 0) is 5.54 Å². The Morgan fingerprint density at radius 2 is 2.12 bits per heavy atom. The number of hydrogen-bond acceptors (Lipinski definition) is 4. The van der Waals surface area contributed by atoms with Gasteiger partial charge in [0, 0.05) is 11.4 Å². The summed E-state index contributed by atoms with van der Waals surface area (Å²) in [5.41, 5.74) is 14.6. The third-order valence-electron chi connectivity index (χ3n) is 2.92. The molecule has 0 fully saturated rings. The standard InChI is InChI=1S/C11H16BN3S/c1-11(2-3-16-10(14)15-11)7-4-8(12)6-9(13)5-7/h4-6H,2-3,12-13H2,1H3,(H2,14,15). The van der Waals surface area contributed by atoms with Crippen LogP contribution in [0.5, 0.6) is 0 Å². The molecular formula is C11H16BN3S. The van der Waals surface area contributed by atoms with Crippen molar-refractivity contribution in [2.75, 3.05) is 11.5 Å². The van der Waals surface area contributed by atoms with Crippen molar-refractivity contribution in [1.82, 2.24) is 0 Å². The van der Waals surface area contributed by atoms with Gasteiger partial charge in [0.15, 0.2) is 5.17 Å². The van der Waals surface area contributed by atoms with Crippen molar-refractivity contribution in [3.8, 4) is 0 Å². The Balaban J connectivity index is 2.46. The average molecular weight is 233 g/mol. The maximum absolute atomic E-state index is 5.87. The van der Waals surface area contributed by atoms with Crippen molar-refractivity contribution in [1.29, 1.82) is 0 Å². The summed E-state index contributed by atoms with van der Waals surface area (Å²) in [6, 6.07) is 6.11. The second kappa shape index (κ2) is 4.05. The van der Waals surface area contributed by atoms with E-state index in [9.17, 15) is 0 Å². The maximum atomic E-state index is 5.87. The highest BCUT2D eigenvalue weighted by atomic mass is 32.2. The van der Waals surface area contributed by atoms with Crippen LogP contribution in [0.25, 0.3) is 0 Å². The Hall–Kier alpha value is -1.10. The van der Waals surface area contributed by atoms with Crippen LogP contribution in [-0.4, -0.2) is 18.8 Å². The van der Waals surface area contributed by atoms with E-state index >= 15 is 0 Å². The van der Waals surface area contributed by atoms with Crippen molar-refractivity contribution in [3.05, 3.63) is 23.8 Å². The van der Waals surface area contributed by atoms with Gasteiger partial charge < -0.3 is 11.5 Å². The molecule has 1 heterocycles. The lowest BCUT2D eigenvalue weighted by Crippen LogP contribution is -2.29. The molecule has 5 heteroatoms. The number of rotatable bonds is 1. The third kappa shape index (κ3) is 2.19. The van der Waals surface area contributed by atoms with E-state index in [1.54, 1.807) is 11.8 Å². The van der Waals surface area contributed by atoms with E-state index in [1.807, 2.05) is 20.0 Å². The highest BCUT2D eigenvalue weighted by molar-refractivity contribution is 8.13. The number of hydrogen-bond donors (Lipinski definition) is 2. The number of nitrogen functional groups attached to an aromatic ring is 1. The Kier molecular flexibility index (Phi) is 2.89. The van der Waals surface area contributed by atoms with Gasteiger partial charge in [-0.1, -0.05) is 23.3 Å². The molecule has 0 radical (unpaired) electrons. The van der Waals surface area contributed by atoms with Crippen LogP contribution in [0.15, 0.2) is 23.2 Å². The van der Waals surface area contributed by atoms with E-state index in [0.717, 1.165) is 23.4 Å². The lowest BCUT2D eigenvalue weighted by molar-refractivity contribution is 0.482. The second-order valence-corrected chi connectivity index (χ2v) is 5.57. The zero-order chi connectivity index (χ0) is 11.8. The molecule has 1 aliphatic rings. The van der Waals surface area contributed by atoms with Gasteiger partial charge in [-0.3, -0.25) is 4.99 Å². The summed E-state index contributed by atoms with van der Waals surface area (Å²) in [6.07, 6.45) is 1.00. The van der Waals surface area contributed by atoms with Gasteiger partial charge in [-0.05, 0) is 31.0 Å². The molecular weight excluding hydrogens is 217 g/mol.